The standard InChI is InChI=1S/C23H21N3O3/c1-29-15-11-9-13(10-12-15)20-19-21(26-25-20)16-7-4-8-17(18(16)22(19)27)24-23(28)14-5-2-3-6-14/h4,7-12,14H,2-3,5-6H2,1H3,(H,24,28)(H,25,26). The van der Waals surface area contributed by atoms with Crippen molar-refractivity contribution in [1.82, 2.24) is 10.2 Å². The lowest BCUT2D eigenvalue weighted by Gasteiger charge is -2.13. The fraction of sp³-hybridized carbons (Fsp3) is 0.261. The molecule has 3 aromatic rings. The summed E-state index contributed by atoms with van der Waals surface area (Å²) in [6.07, 6.45) is 4.01. The molecule has 2 aliphatic rings. The third-order valence-corrected chi connectivity index (χ3v) is 5.90. The average Bonchev–Trinajstić information content (AvgIpc) is 3.47. The molecule has 2 N–H and O–H groups in total. The third-order valence-electron chi connectivity index (χ3n) is 5.90. The Balaban J connectivity index is 1.51. The molecule has 1 saturated carbocycles. The Bertz CT molecular complexity index is 1110. The zero-order chi connectivity index (χ0) is 20.0. The Morgan fingerprint density at radius 2 is 1.86 bits per heavy atom. The maximum atomic E-state index is 13.4. The number of amides is 1. The van der Waals surface area contributed by atoms with Gasteiger partial charge in [-0.05, 0) is 43.2 Å². The van der Waals surface area contributed by atoms with E-state index in [1.54, 1.807) is 13.2 Å². The summed E-state index contributed by atoms with van der Waals surface area (Å²) >= 11 is 0. The van der Waals surface area contributed by atoms with Crippen molar-refractivity contribution in [2.24, 2.45) is 5.92 Å². The molecular weight excluding hydrogens is 366 g/mol. The van der Waals surface area contributed by atoms with E-state index in [9.17, 15) is 9.59 Å². The Hall–Kier alpha value is -3.41. The van der Waals surface area contributed by atoms with Gasteiger partial charge < -0.3 is 10.1 Å². The van der Waals surface area contributed by atoms with E-state index in [1.807, 2.05) is 36.4 Å². The number of fused-ring (bicyclic) bond motifs is 3. The number of carbonyl (C=O) groups is 2. The van der Waals surface area contributed by atoms with Crippen LogP contribution in [0.1, 0.15) is 41.6 Å². The highest BCUT2D eigenvalue weighted by Gasteiger charge is 2.35. The molecule has 1 amide bonds. The highest BCUT2D eigenvalue weighted by Crippen LogP contribution is 2.43. The first-order valence-corrected chi connectivity index (χ1v) is 9.89. The number of H-pyrrole nitrogens is 1. The van der Waals surface area contributed by atoms with E-state index < -0.39 is 0 Å². The van der Waals surface area contributed by atoms with E-state index in [1.165, 1.54) is 0 Å². The summed E-state index contributed by atoms with van der Waals surface area (Å²) in [5.41, 5.74) is 4.57. The van der Waals surface area contributed by atoms with E-state index in [0.717, 1.165) is 42.6 Å². The average molecular weight is 387 g/mol. The second-order valence-electron chi connectivity index (χ2n) is 7.58. The van der Waals surface area contributed by atoms with Crippen LogP contribution in [0.15, 0.2) is 42.5 Å². The molecule has 5 rings (SSSR count). The number of ether oxygens (including phenoxy) is 1. The van der Waals surface area contributed by atoms with Crippen LogP contribution in [-0.4, -0.2) is 29.0 Å². The van der Waals surface area contributed by atoms with Crippen LogP contribution in [-0.2, 0) is 4.79 Å². The van der Waals surface area contributed by atoms with Gasteiger partial charge in [0.1, 0.15) is 11.4 Å². The molecule has 1 heterocycles. The van der Waals surface area contributed by atoms with Crippen LogP contribution in [0.2, 0.25) is 0 Å². The summed E-state index contributed by atoms with van der Waals surface area (Å²) in [5, 5.41) is 10.4. The molecule has 0 bridgehead atoms. The van der Waals surface area contributed by atoms with Crippen LogP contribution in [0.25, 0.3) is 22.5 Å². The Labute approximate surface area is 168 Å². The van der Waals surface area contributed by atoms with Crippen LogP contribution in [0.5, 0.6) is 5.75 Å². The van der Waals surface area contributed by atoms with Crippen molar-refractivity contribution < 1.29 is 14.3 Å². The van der Waals surface area contributed by atoms with Crippen LogP contribution < -0.4 is 10.1 Å². The Morgan fingerprint density at radius 3 is 2.59 bits per heavy atom. The van der Waals surface area contributed by atoms with Gasteiger partial charge in [-0.2, -0.15) is 5.10 Å². The molecule has 146 valence electrons. The van der Waals surface area contributed by atoms with Crippen molar-refractivity contribution in [2.45, 2.75) is 25.7 Å². The maximum absolute atomic E-state index is 13.4. The molecule has 0 saturated heterocycles. The number of rotatable bonds is 4. The number of nitrogens with zero attached hydrogens (tertiary/aromatic N) is 1. The number of aromatic nitrogens is 2. The quantitative estimate of drug-likeness (QED) is 0.543. The number of ketones is 1. The number of anilines is 1. The van der Waals surface area contributed by atoms with Crippen LogP contribution in [0.3, 0.4) is 0 Å². The number of methoxy groups -OCH3 is 1. The van der Waals surface area contributed by atoms with Gasteiger partial charge in [0.2, 0.25) is 5.91 Å². The Morgan fingerprint density at radius 1 is 1.10 bits per heavy atom. The molecule has 6 heteroatoms. The van der Waals surface area contributed by atoms with Gasteiger partial charge in [-0.25, -0.2) is 0 Å². The van der Waals surface area contributed by atoms with Crippen molar-refractivity contribution in [3.05, 3.63) is 53.6 Å². The molecule has 6 nitrogen and oxygen atoms in total. The molecule has 0 aliphatic heterocycles. The summed E-state index contributed by atoms with van der Waals surface area (Å²) in [5.74, 6) is 0.674. The van der Waals surface area contributed by atoms with Crippen LogP contribution in [0.4, 0.5) is 5.69 Å². The minimum Gasteiger partial charge on any atom is -0.497 e. The smallest absolute Gasteiger partial charge is 0.227 e. The van der Waals surface area contributed by atoms with Gasteiger partial charge in [-0.15, -0.1) is 0 Å². The lowest BCUT2D eigenvalue weighted by Crippen LogP contribution is -2.21. The molecule has 0 unspecified atom stereocenters. The van der Waals surface area contributed by atoms with Gasteiger partial charge in [-0.3, -0.25) is 14.7 Å². The van der Waals surface area contributed by atoms with Crippen molar-refractivity contribution in [3.8, 4) is 28.3 Å². The summed E-state index contributed by atoms with van der Waals surface area (Å²) in [6.45, 7) is 0. The second kappa shape index (κ2) is 6.88. The largest absolute Gasteiger partial charge is 0.497 e. The Kier molecular flexibility index (Phi) is 4.19. The highest BCUT2D eigenvalue weighted by atomic mass is 16.5. The summed E-state index contributed by atoms with van der Waals surface area (Å²) in [4.78, 5) is 26.0. The zero-order valence-electron chi connectivity index (χ0n) is 16.1. The zero-order valence-corrected chi connectivity index (χ0v) is 16.1. The lowest BCUT2D eigenvalue weighted by molar-refractivity contribution is -0.119. The molecular formula is C23H21N3O3. The second-order valence-corrected chi connectivity index (χ2v) is 7.58. The monoisotopic (exact) mass is 387 g/mol. The van der Waals surface area contributed by atoms with E-state index in [0.29, 0.717) is 28.2 Å². The van der Waals surface area contributed by atoms with E-state index >= 15 is 0 Å². The van der Waals surface area contributed by atoms with E-state index in [2.05, 4.69) is 15.5 Å². The molecule has 1 fully saturated rings. The molecule has 1 aromatic heterocycles. The first kappa shape index (κ1) is 17.7. The topological polar surface area (TPSA) is 84.1 Å². The number of hydrogen-bond donors (Lipinski definition) is 2. The van der Waals surface area contributed by atoms with Gasteiger partial charge in [0.25, 0.3) is 0 Å². The van der Waals surface area contributed by atoms with Crippen LogP contribution in [0, 0.1) is 5.92 Å². The van der Waals surface area contributed by atoms with Crippen molar-refractivity contribution in [3.63, 3.8) is 0 Å². The predicted molar refractivity (Wildman–Crippen MR) is 110 cm³/mol. The minimum absolute atomic E-state index is 0.00480. The number of carbonyl (C=O) groups excluding carboxylic acids is 2. The van der Waals surface area contributed by atoms with Crippen molar-refractivity contribution >= 4 is 17.4 Å². The molecule has 29 heavy (non-hydrogen) atoms. The van der Waals surface area contributed by atoms with Crippen molar-refractivity contribution in [1.29, 1.82) is 0 Å². The number of benzene rings is 2. The first-order valence-electron chi connectivity index (χ1n) is 9.89. The number of nitrogens with one attached hydrogen (secondary N) is 2. The lowest BCUT2D eigenvalue weighted by atomic mass is 10.0. The minimum atomic E-state index is -0.114. The molecule has 0 radical (unpaired) electrons. The van der Waals surface area contributed by atoms with Crippen molar-refractivity contribution in [2.75, 3.05) is 12.4 Å². The van der Waals surface area contributed by atoms with E-state index in [-0.39, 0.29) is 17.6 Å². The van der Waals surface area contributed by atoms with Crippen LogP contribution >= 0.6 is 0 Å². The van der Waals surface area contributed by atoms with Gasteiger partial charge >= 0.3 is 0 Å². The fourth-order valence-corrected chi connectivity index (χ4v) is 4.37. The summed E-state index contributed by atoms with van der Waals surface area (Å²) in [7, 11) is 1.62. The molecule has 2 aromatic carbocycles. The van der Waals surface area contributed by atoms with Gasteiger partial charge in [0, 0.05) is 17.0 Å². The molecule has 0 spiro atoms. The number of hydrogen-bond acceptors (Lipinski definition) is 4. The van der Waals surface area contributed by atoms with E-state index in [4.69, 9.17) is 4.74 Å². The molecule has 2 aliphatic carbocycles. The SMILES string of the molecule is COc1ccc(-c2[nH]nc3c2C(=O)c2c(NC(=O)C4CCCC4)cccc2-3)cc1. The third kappa shape index (κ3) is 2.83. The predicted octanol–water partition coefficient (Wildman–Crippen LogP) is 4.43. The van der Waals surface area contributed by atoms with Gasteiger partial charge in [0.15, 0.2) is 5.78 Å². The summed E-state index contributed by atoms with van der Waals surface area (Å²) < 4.78 is 5.21. The maximum Gasteiger partial charge on any atom is 0.227 e. The normalized spacial score (nSPS) is 15.3. The number of aromatic amines is 1. The first-order chi connectivity index (χ1) is 14.2. The highest BCUT2D eigenvalue weighted by molar-refractivity contribution is 6.27. The molecule has 0 atom stereocenters. The van der Waals surface area contributed by atoms with Gasteiger partial charge in [-0.1, -0.05) is 25.0 Å². The van der Waals surface area contributed by atoms with Gasteiger partial charge in [0.05, 0.1) is 29.6 Å². The summed E-state index contributed by atoms with van der Waals surface area (Å²) in [6, 6.07) is 13.0. The fourth-order valence-electron chi connectivity index (χ4n) is 4.37.